The average molecular weight is 479 g/mol. The summed E-state index contributed by atoms with van der Waals surface area (Å²) in [4.78, 5) is 25.2. The summed E-state index contributed by atoms with van der Waals surface area (Å²) >= 11 is 6.17. The predicted molar refractivity (Wildman–Crippen MR) is 130 cm³/mol. The highest BCUT2D eigenvalue weighted by Gasteiger charge is 2.23. The van der Waals surface area contributed by atoms with Gasteiger partial charge in [-0.05, 0) is 60.5 Å². The van der Waals surface area contributed by atoms with E-state index in [0.717, 1.165) is 5.56 Å². The van der Waals surface area contributed by atoms with Gasteiger partial charge in [-0.15, -0.1) is 0 Å². The molecule has 174 valence electrons. The summed E-state index contributed by atoms with van der Waals surface area (Å²) in [6.07, 6.45) is 1.58. The number of carbonyl (C=O) groups is 2. The van der Waals surface area contributed by atoms with E-state index in [9.17, 15) is 9.59 Å². The van der Waals surface area contributed by atoms with Gasteiger partial charge in [0.15, 0.2) is 23.0 Å². The highest BCUT2D eigenvalue weighted by Crippen LogP contribution is 2.33. The number of methoxy groups -OCH3 is 1. The van der Waals surface area contributed by atoms with Gasteiger partial charge in [0.25, 0.3) is 11.8 Å². The maximum absolute atomic E-state index is 12.7. The standard InChI is InChI=1S/C26H23ClN2O5/c1-3-33-23-12-16(8-10-22(23)32-2)15-28-25(30)18-9-11-21-20(13-18)29-26(31)24(34-21)14-17-6-4-5-7-19(17)27/h4-14H,3,15H2,1-2H3,(H,28,30)(H,29,31). The SMILES string of the molecule is CCOc1cc(CNC(=O)c2ccc3c(c2)NC(=O)C(=Cc2ccccc2Cl)O3)ccc1OC. The quantitative estimate of drug-likeness (QED) is 0.464. The van der Waals surface area contributed by atoms with Crippen molar-refractivity contribution in [2.75, 3.05) is 19.0 Å². The Balaban J connectivity index is 1.46. The van der Waals surface area contributed by atoms with Gasteiger partial charge in [0.05, 0.1) is 19.4 Å². The molecule has 1 aliphatic heterocycles. The van der Waals surface area contributed by atoms with Gasteiger partial charge in [-0.2, -0.15) is 0 Å². The van der Waals surface area contributed by atoms with Gasteiger partial charge >= 0.3 is 0 Å². The van der Waals surface area contributed by atoms with Crippen LogP contribution in [0.5, 0.6) is 17.2 Å². The third-order valence-electron chi connectivity index (χ3n) is 5.11. The lowest BCUT2D eigenvalue weighted by Gasteiger charge is -2.20. The molecule has 0 saturated carbocycles. The van der Waals surface area contributed by atoms with Gasteiger partial charge in [0.2, 0.25) is 0 Å². The van der Waals surface area contributed by atoms with Crippen LogP contribution in [0.4, 0.5) is 5.69 Å². The van der Waals surface area contributed by atoms with E-state index in [1.807, 2.05) is 25.1 Å². The van der Waals surface area contributed by atoms with E-state index >= 15 is 0 Å². The molecule has 0 spiro atoms. The summed E-state index contributed by atoms with van der Waals surface area (Å²) in [6.45, 7) is 2.69. The predicted octanol–water partition coefficient (Wildman–Crippen LogP) is 5.05. The molecule has 7 nitrogen and oxygen atoms in total. The molecule has 0 unspecified atom stereocenters. The molecule has 1 heterocycles. The van der Waals surface area contributed by atoms with Gasteiger partial charge in [-0.25, -0.2) is 0 Å². The maximum Gasteiger partial charge on any atom is 0.291 e. The van der Waals surface area contributed by atoms with Gasteiger partial charge in [0, 0.05) is 17.1 Å². The molecule has 3 aromatic rings. The molecule has 0 bridgehead atoms. The zero-order chi connectivity index (χ0) is 24.1. The van der Waals surface area contributed by atoms with E-state index in [-0.39, 0.29) is 11.7 Å². The minimum atomic E-state index is -0.424. The van der Waals surface area contributed by atoms with Crippen molar-refractivity contribution < 1.29 is 23.8 Å². The first-order valence-electron chi connectivity index (χ1n) is 10.7. The van der Waals surface area contributed by atoms with Crippen molar-refractivity contribution in [3.05, 3.63) is 88.1 Å². The molecule has 0 aliphatic carbocycles. The Morgan fingerprint density at radius 3 is 2.71 bits per heavy atom. The van der Waals surface area contributed by atoms with E-state index in [2.05, 4.69) is 10.6 Å². The first-order chi connectivity index (χ1) is 16.5. The van der Waals surface area contributed by atoms with Crippen LogP contribution in [0.2, 0.25) is 5.02 Å². The van der Waals surface area contributed by atoms with Gasteiger partial charge in [-0.3, -0.25) is 9.59 Å². The molecule has 1 aliphatic rings. The van der Waals surface area contributed by atoms with Crippen LogP contribution >= 0.6 is 11.6 Å². The zero-order valence-corrected chi connectivity index (χ0v) is 19.4. The van der Waals surface area contributed by atoms with Crippen LogP contribution in [0.15, 0.2) is 66.4 Å². The molecule has 8 heteroatoms. The number of benzene rings is 3. The fraction of sp³-hybridized carbons (Fsp3) is 0.154. The second kappa shape index (κ2) is 10.3. The molecule has 0 aromatic heterocycles. The minimum absolute atomic E-state index is 0.113. The summed E-state index contributed by atoms with van der Waals surface area (Å²) in [5.74, 6) is 1.08. The molecule has 4 rings (SSSR count). The average Bonchev–Trinajstić information content (AvgIpc) is 2.84. The smallest absolute Gasteiger partial charge is 0.291 e. The number of carbonyl (C=O) groups excluding carboxylic acids is 2. The van der Waals surface area contributed by atoms with Crippen molar-refractivity contribution in [2.24, 2.45) is 0 Å². The molecular formula is C26H23ClN2O5. The molecule has 3 aromatic carbocycles. The van der Waals surface area contributed by atoms with E-state index in [0.29, 0.717) is 52.2 Å². The number of amides is 2. The Bertz CT molecular complexity index is 1270. The lowest BCUT2D eigenvalue weighted by atomic mass is 10.1. The van der Waals surface area contributed by atoms with Crippen LogP contribution in [0.1, 0.15) is 28.4 Å². The second-order valence-corrected chi connectivity index (χ2v) is 7.81. The molecule has 2 amide bonds. The van der Waals surface area contributed by atoms with Crippen LogP contribution in [0, 0.1) is 0 Å². The van der Waals surface area contributed by atoms with Crippen LogP contribution in [0.25, 0.3) is 6.08 Å². The third-order valence-corrected chi connectivity index (χ3v) is 5.45. The lowest BCUT2D eigenvalue weighted by Crippen LogP contribution is -2.25. The highest BCUT2D eigenvalue weighted by atomic mass is 35.5. The first-order valence-corrected chi connectivity index (χ1v) is 11.0. The van der Waals surface area contributed by atoms with Gasteiger partial charge < -0.3 is 24.8 Å². The largest absolute Gasteiger partial charge is 0.493 e. The fourth-order valence-electron chi connectivity index (χ4n) is 3.42. The van der Waals surface area contributed by atoms with Crippen LogP contribution in [-0.4, -0.2) is 25.5 Å². The molecular weight excluding hydrogens is 456 g/mol. The molecule has 2 N–H and O–H groups in total. The van der Waals surface area contributed by atoms with Crippen molar-refractivity contribution in [3.63, 3.8) is 0 Å². The van der Waals surface area contributed by atoms with Gasteiger partial charge in [0.1, 0.15) is 0 Å². The van der Waals surface area contributed by atoms with E-state index < -0.39 is 5.91 Å². The third kappa shape index (κ3) is 5.15. The van der Waals surface area contributed by atoms with Crippen LogP contribution in [-0.2, 0) is 11.3 Å². The summed E-state index contributed by atoms with van der Waals surface area (Å²) in [7, 11) is 1.58. The van der Waals surface area contributed by atoms with Crippen molar-refractivity contribution in [3.8, 4) is 17.2 Å². The van der Waals surface area contributed by atoms with E-state index in [1.165, 1.54) is 0 Å². The lowest BCUT2D eigenvalue weighted by molar-refractivity contribution is -0.115. The number of rotatable bonds is 7. The van der Waals surface area contributed by atoms with Crippen LogP contribution in [0.3, 0.4) is 0 Å². The molecule has 0 radical (unpaired) electrons. The number of hydrogen-bond donors (Lipinski definition) is 2. The molecule has 0 atom stereocenters. The Morgan fingerprint density at radius 2 is 1.94 bits per heavy atom. The first kappa shape index (κ1) is 23.2. The number of hydrogen-bond acceptors (Lipinski definition) is 5. The number of ether oxygens (including phenoxy) is 3. The number of anilines is 1. The molecule has 0 fully saturated rings. The van der Waals surface area contributed by atoms with E-state index in [1.54, 1.807) is 55.7 Å². The summed E-state index contributed by atoms with van der Waals surface area (Å²) < 4.78 is 16.6. The second-order valence-electron chi connectivity index (χ2n) is 7.40. The molecule has 0 saturated heterocycles. The van der Waals surface area contributed by atoms with Gasteiger partial charge in [-0.1, -0.05) is 35.9 Å². The summed E-state index contributed by atoms with van der Waals surface area (Å²) in [6, 6.07) is 17.5. The summed E-state index contributed by atoms with van der Waals surface area (Å²) in [5, 5.41) is 6.15. The van der Waals surface area contributed by atoms with E-state index in [4.69, 9.17) is 25.8 Å². The van der Waals surface area contributed by atoms with Crippen molar-refractivity contribution in [2.45, 2.75) is 13.5 Å². The Hall–Kier alpha value is -3.97. The zero-order valence-electron chi connectivity index (χ0n) is 18.7. The number of fused-ring (bicyclic) bond motifs is 1. The minimum Gasteiger partial charge on any atom is -0.493 e. The highest BCUT2D eigenvalue weighted by molar-refractivity contribution is 6.32. The normalized spacial score (nSPS) is 13.5. The maximum atomic E-state index is 12.7. The monoisotopic (exact) mass is 478 g/mol. The number of halogens is 1. The molecule has 34 heavy (non-hydrogen) atoms. The Kier molecular flexibility index (Phi) is 7.04. The van der Waals surface area contributed by atoms with Crippen molar-refractivity contribution in [1.82, 2.24) is 5.32 Å². The topological polar surface area (TPSA) is 85.9 Å². The number of nitrogens with one attached hydrogen (secondary N) is 2. The fourth-order valence-corrected chi connectivity index (χ4v) is 3.61. The Labute approximate surface area is 202 Å². The summed E-state index contributed by atoms with van der Waals surface area (Å²) in [5.41, 5.74) is 2.33. The Morgan fingerprint density at radius 1 is 1.12 bits per heavy atom. The van der Waals surface area contributed by atoms with Crippen molar-refractivity contribution in [1.29, 1.82) is 0 Å². The van der Waals surface area contributed by atoms with Crippen molar-refractivity contribution >= 4 is 35.2 Å². The van der Waals surface area contributed by atoms with Crippen LogP contribution < -0.4 is 24.8 Å².